The highest BCUT2D eigenvalue weighted by atomic mass is 32.1. The van der Waals surface area contributed by atoms with Crippen LogP contribution in [0.4, 0.5) is 5.13 Å². The summed E-state index contributed by atoms with van der Waals surface area (Å²) in [6.45, 7) is 6.96. The average Bonchev–Trinajstić information content (AvgIpc) is 3.18. The molecule has 0 spiro atoms. The Morgan fingerprint density at radius 1 is 1.43 bits per heavy atom. The Hall–Kier alpha value is -1.14. The first kappa shape index (κ1) is 14.8. The molecule has 1 aromatic rings. The monoisotopic (exact) mass is 308 g/mol. The maximum absolute atomic E-state index is 11.8. The maximum atomic E-state index is 11.8. The second kappa shape index (κ2) is 6.75. The van der Waals surface area contributed by atoms with Crippen molar-refractivity contribution >= 4 is 22.4 Å². The molecule has 1 aromatic heterocycles. The Bertz CT molecular complexity index is 484. The van der Waals surface area contributed by atoms with Crippen molar-refractivity contribution in [3.05, 3.63) is 11.1 Å². The third-order valence-electron chi connectivity index (χ3n) is 4.19. The van der Waals surface area contributed by atoms with E-state index in [0.29, 0.717) is 12.5 Å². The Morgan fingerprint density at radius 2 is 2.24 bits per heavy atom. The maximum Gasteiger partial charge on any atom is 0.224 e. The van der Waals surface area contributed by atoms with Gasteiger partial charge in [-0.2, -0.15) is 0 Å². The van der Waals surface area contributed by atoms with Crippen LogP contribution in [0, 0.1) is 0 Å². The molecule has 116 valence electrons. The zero-order valence-corrected chi connectivity index (χ0v) is 13.5. The number of nitrogens with zero attached hydrogens (tertiary/aromatic N) is 3. The lowest BCUT2D eigenvalue weighted by Gasteiger charge is -2.15. The Balaban J connectivity index is 1.48. The molecule has 0 bridgehead atoms. The van der Waals surface area contributed by atoms with Gasteiger partial charge in [-0.15, -0.1) is 11.3 Å². The molecule has 2 aliphatic heterocycles. The number of likely N-dealkylation sites (tertiary alicyclic amines) is 1. The van der Waals surface area contributed by atoms with Crippen molar-refractivity contribution in [2.24, 2.45) is 0 Å². The van der Waals surface area contributed by atoms with Crippen LogP contribution >= 0.6 is 11.3 Å². The lowest BCUT2D eigenvalue weighted by atomic mass is 10.2. The zero-order chi connectivity index (χ0) is 14.7. The third kappa shape index (κ3) is 3.55. The highest BCUT2D eigenvalue weighted by Crippen LogP contribution is 2.26. The number of carbonyl (C=O) groups excluding carboxylic acids is 1. The Kier molecular flexibility index (Phi) is 4.75. The lowest BCUT2D eigenvalue weighted by molar-refractivity contribution is -0.127. The summed E-state index contributed by atoms with van der Waals surface area (Å²) in [5, 5.41) is 4.66. The number of nitrogens with one attached hydrogen (secondary N) is 1. The highest BCUT2D eigenvalue weighted by Gasteiger charge is 2.28. The fraction of sp³-hybridized carbons (Fsp3) is 0.733. The number of carbonyl (C=O) groups is 1. The van der Waals surface area contributed by atoms with Crippen LogP contribution in [0.2, 0.25) is 0 Å². The van der Waals surface area contributed by atoms with E-state index in [0.717, 1.165) is 44.3 Å². The minimum Gasteiger partial charge on any atom is -0.348 e. The normalized spacial score (nSPS) is 22.5. The van der Waals surface area contributed by atoms with Crippen LogP contribution in [-0.2, 0) is 11.3 Å². The summed E-state index contributed by atoms with van der Waals surface area (Å²) < 4.78 is 0. The van der Waals surface area contributed by atoms with Crippen LogP contribution in [0.5, 0.6) is 0 Å². The fourth-order valence-electron chi connectivity index (χ4n) is 3.07. The molecule has 1 unspecified atom stereocenters. The van der Waals surface area contributed by atoms with Crippen molar-refractivity contribution in [2.45, 2.75) is 45.2 Å². The van der Waals surface area contributed by atoms with E-state index >= 15 is 0 Å². The number of thiazole rings is 1. The van der Waals surface area contributed by atoms with Gasteiger partial charge in [-0.3, -0.25) is 4.79 Å². The first-order valence-electron chi connectivity index (χ1n) is 7.97. The van der Waals surface area contributed by atoms with Crippen molar-refractivity contribution in [2.75, 3.05) is 31.1 Å². The summed E-state index contributed by atoms with van der Waals surface area (Å²) in [5.41, 5.74) is 0. The molecule has 3 heterocycles. The van der Waals surface area contributed by atoms with Gasteiger partial charge < -0.3 is 15.1 Å². The van der Waals surface area contributed by atoms with Gasteiger partial charge in [0.2, 0.25) is 5.91 Å². The Morgan fingerprint density at radius 3 is 3.00 bits per heavy atom. The van der Waals surface area contributed by atoms with Crippen LogP contribution in [0.25, 0.3) is 0 Å². The molecule has 6 heteroatoms. The van der Waals surface area contributed by atoms with Gasteiger partial charge in [-0.1, -0.05) is 6.92 Å². The van der Waals surface area contributed by atoms with E-state index < -0.39 is 0 Å². The Labute approximate surface area is 130 Å². The average molecular weight is 308 g/mol. The van der Waals surface area contributed by atoms with Gasteiger partial charge in [0, 0.05) is 56.3 Å². The highest BCUT2D eigenvalue weighted by molar-refractivity contribution is 7.15. The second-order valence-electron chi connectivity index (χ2n) is 5.93. The summed E-state index contributed by atoms with van der Waals surface area (Å²) in [5.74, 6) is 0.288. The topological polar surface area (TPSA) is 48.5 Å². The third-order valence-corrected chi connectivity index (χ3v) is 5.25. The van der Waals surface area contributed by atoms with E-state index in [1.807, 2.05) is 11.1 Å². The second-order valence-corrected chi connectivity index (χ2v) is 7.02. The van der Waals surface area contributed by atoms with E-state index in [-0.39, 0.29) is 5.91 Å². The molecule has 2 saturated heterocycles. The number of amides is 1. The quantitative estimate of drug-likeness (QED) is 0.871. The number of aromatic nitrogens is 1. The summed E-state index contributed by atoms with van der Waals surface area (Å²) in [7, 11) is 0. The minimum atomic E-state index is 0.288. The number of anilines is 1. The number of rotatable bonds is 6. The SMILES string of the molecule is CCCN1CC(NCc2cnc(N3CCCC3)s2)CC1=O. The first-order valence-corrected chi connectivity index (χ1v) is 8.78. The van der Waals surface area contributed by atoms with Crippen LogP contribution in [0.3, 0.4) is 0 Å². The van der Waals surface area contributed by atoms with Crippen LogP contribution < -0.4 is 10.2 Å². The van der Waals surface area contributed by atoms with Gasteiger partial charge in [0.05, 0.1) is 0 Å². The van der Waals surface area contributed by atoms with Gasteiger partial charge in [-0.05, 0) is 19.3 Å². The van der Waals surface area contributed by atoms with Crippen molar-refractivity contribution in [3.8, 4) is 0 Å². The largest absolute Gasteiger partial charge is 0.348 e. The van der Waals surface area contributed by atoms with Crippen LogP contribution in [-0.4, -0.2) is 48.0 Å². The van der Waals surface area contributed by atoms with E-state index in [2.05, 4.69) is 22.1 Å². The molecule has 0 radical (unpaired) electrons. The van der Waals surface area contributed by atoms with Gasteiger partial charge in [0.15, 0.2) is 5.13 Å². The molecule has 2 aliphatic rings. The molecule has 2 fully saturated rings. The molecule has 21 heavy (non-hydrogen) atoms. The summed E-state index contributed by atoms with van der Waals surface area (Å²) in [6, 6.07) is 0.293. The van der Waals surface area contributed by atoms with E-state index in [1.165, 1.54) is 17.7 Å². The van der Waals surface area contributed by atoms with E-state index in [4.69, 9.17) is 0 Å². The molecular formula is C15H24N4OS. The molecule has 3 rings (SSSR count). The van der Waals surface area contributed by atoms with Crippen molar-refractivity contribution in [1.82, 2.24) is 15.2 Å². The number of hydrogen-bond donors (Lipinski definition) is 1. The van der Waals surface area contributed by atoms with Crippen molar-refractivity contribution in [1.29, 1.82) is 0 Å². The predicted molar refractivity (Wildman–Crippen MR) is 85.7 cm³/mol. The molecule has 1 amide bonds. The van der Waals surface area contributed by atoms with Crippen LogP contribution in [0.1, 0.15) is 37.5 Å². The van der Waals surface area contributed by atoms with Crippen molar-refractivity contribution < 1.29 is 4.79 Å². The predicted octanol–water partition coefficient (Wildman–Crippen LogP) is 1.84. The van der Waals surface area contributed by atoms with Crippen LogP contribution in [0.15, 0.2) is 6.20 Å². The lowest BCUT2D eigenvalue weighted by Crippen LogP contribution is -2.32. The van der Waals surface area contributed by atoms with E-state index in [9.17, 15) is 4.79 Å². The van der Waals surface area contributed by atoms with Gasteiger partial charge in [0.1, 0.15) is 0 Å². The number of hydrogen-bond acceptors (Lipinski definition) is 5. The fourth-order valence-corrected chi connectivity index (χ4v) is 3.99. The smallest absolute Gasteiger partial charge is 0.224 e. The molecule has 1 N–H and O–H groups in total. The van der Waals surface area contributed by atoms with Crippen molar-refractivity contribution in [3.63, 3.8) is 0 Å². The van der Waals surface area contributed by atoms with Gasteiger partial charge in [0.25, 0.3) is 0 Å². The van der Waals surface area contributed by atoms with Gasteiger partial charge >= 0.3 is 0 Å². The summed E-state index contributed by atoms with van der Waals surface area (Å²) in [4.78, 5) is 22.0. The standard InChI is InChI=1S/C15H24N4OS/c1-2-5-19-11-12(8-14(19)20)16-9-13-10-17-15(21-13)18-6-3-4-7-18/h10,12,16H,2-9,11H2,1H3. The zero-order valence-electron chi connectivity index (χ0n) is 12.7. The van der Waals surface area contributed by atoms with E-state index in [1.54, 1.807) is 11.3 Å². The molecular weight excluding hydrogens is 284 g/mol. The molecule has 5 nitrogen and oxygen atoms in total. The molecule has 0 aromatic carbocycles. The molecule has 0 saturated carbocycles. The first-order chi connectivity index (χ1) is 10.3. The minimum absolute atomic E-state index is 0.288. The summed E-state index contributed by atoms with van der Waals surface area (Å²) in [6.07, 6.45) is 6.21. The molecule has 1 atom stereocenters. The molecule has 0 aliphatic carbocycles. The summed E-state index contributed by atoms with van der Waals surface area (Å²) >= 11 is 1.78. The van der Waals surface area contributed by atoms with Gasteiger partial charge in [-0.25, -0.2) is 4.98 Å².